The Morgan fingerprint density at radius 1 is 0.806 bits per heavy atom. The highest BCUT2D eigenvalue weighted by Crippen LogP contribution is 2.35. The molecule has 1 heterocycles. The number of nitrogens with one attached hydrogen (secondary N) is 1. The van der Waals surface area contributed by atoms with Crippen LogP contribution in [0.25, 0.3) is 5.57 Å². The first kappa shape index (κ1) is 20.2. The van der Waals surface area contributed by atoms with Gasteiger partial charge in [0.05, 0.1) is 18.4 Å². The summed E-state index contributed by atoms with van der Waals surface area (Å²) in [5, 5.41) is 2.81. The Bertz CT molecular complexity index is 1210. The topological polar surface area (TPSA) is 58.6 Å². The fourth-order valence-corrected chi connectivity index (χ4v) is 3.22. The zero-order chi connectivity index (χ0) is 22.1. The summed E-state index contributed by atoms with van der Waals surface area (Å²) in [5.74, 6) is -3.38. The normalized spacial score (nSPS) is 13.7. The maximum absolute atomic E-state index is 14.4. The summed E-state index contributed by atoms with van der Waals surface area (Å²) in [7, 11) is 1.48. The van der Waals surface area contributed by atoms with Crippen molar-refractivity contribution in [2.24, 2.45) is 0 Å². The van der Waals surface area contributed by atoms with Gasteiger partial charge in [0.25, 0.3) is 11.8 Å². The zero-order valence-corrected chi connectivity index (χ0v) is 16.2. The van der Waals surface area contributed by atoms with Crippen molar-refractivity contribution in [1.82, 2.24) is 0 Å². The number of benzene rings is 3. The molecule has 156 valence electrons. The average Bonchev–Trinajstić information content (AvgIpc) is 3.01. The van der Waals surface area contributed by atoms with Crippen molar-refractivity contribution in [3.05, 3.63) is 95.4 Å². The van der Waals surface area contributed by atoms with Gasteiger partial charge in [-0.1, -0.05) is 12.1 Å². The fraction of sp³-hybridized carbons (Fsp3) is 0.0435. The monoisotopic (exact) mass is 424 g/mol. The second kappa shape index (κ2) is 7.98. The first-order valence-corrected chi connectivity index (χ1v) is 9.14. The number of methoxy groups -OCH3 is 1. The predicted octanol–water partition coefficient (Wildman–Crippen LogP) is 4.51. The van der Waals surface area contributed by atoms with E-state index in [9.17, 15) is 22.8 Å². The highest BCUT2D eigenvalue weighted by atomic mass is 19.1. The van der Waals surface area contributed by atoms with E-state index in [1.54, 1.807) is 24.3 Å². The average molecular weight is 424 g/mol. The van der Waals surface area contributed by atoms with Crippen LogP contribution < -0.4 is 15.0 Å². The lowest BCUT2D eigenvalue weighted by atomic mass is 10.0. The number of hydrogen-bond acceptors (Lipinski definition) is 4. The molecule has 0 atom stereocenters. The third-order valence-electron chi connectivity index (χ3n) is 4.73. The molecule has 1 N–H and O–H groups in total. The predicted molar refractivity (Wildman–Crippen MR) is 109 cm³/mol. The molecule has 0 saturated heterocycles. The van der Waals surface area contributed by atoms with Crippen LogP contribution in [0.4, 0.5) is 24.5 Å². The molecular formula is C23H15F3N2O3. The highest BCUT2D eigenvalue weighted by molar-refractivity contribution is 6.46. The Morgan fingerprint density at radius 3 is 2.10 bits per heavy atom. The molecule has 3 aromatic rings. The van der Waals surface area contributed by atoms with E-state index in [0.717, 1.165) is 18.2 Å². The molecule has 0 unspecified atom stereocenters. The molecule has 3 aromatic carbocycles. The SMILES string of the molecule is COc1ccc(C2=C(Nc3ccc(F)cc3)C(=O)N(c3cc(F)ccc3F)C2=O)cc1. The molecule has 31 heavy (non-hydrogen) atoms. The molecule has 1 aliphatic heterocycles. The minimum Gasteiger partial charge on any atom is -0.497 e. The Kier molecular flexibility index (Phi) is 5.21. The second-order valence-corrected chi connectivity index (χ2v) is 6.65. The van der Waals surface area contributed by atoms with E-state index in [1.165, 1.54) is 31.4 Å². The molecular weight excluding hydrogens is 409 g/mol. The number of imide groups is 1. The number of anilines is 2. The molecule has 2 amide bonds. The standard InChI is InChI=1S/C23H15F3N2O3/c1-31-17-9-2-13(3-10-17)20-21(27-16-7-4-14(24)5-8-16)23(30)28(22(20)29)19-12-15(25)6-11-18(19)26/h2-12,27H,1H3. The molecule has 5 nitrogen and oxygen atoms in total. The zero-order valence-electron chi connectivity index (χ0n) is 16.2. The number of amides is 2. The van der Waals surface area contributed by atoms with Crippen molar-refractivity contribution in [2.75, 3.05) is 17.3 Å². The van der Waals surface area contributed by atoms with Gasteiger partial charge < -0.3 is 10.1 Å². The Balaban J connectivity index is 1.83. The lowest BCUT2D eigenvalue weighted by Gasteiger charge is -2.16. The molecule has 0 saturated carbocycles. The molecule has 0 radical (unpaired) electrons. The van der Waals surface area contributed by atoms with E-state index < -0.39 is 35.0 Å². The first-order chi connectivity index (χ1) is 14.9. The van der Waals surface area contributed by atoms with Crippen LogP contribution in [0, 0.1) is 17.5 Å². The van der Waals surface area contributed by atoms with Gasteiger partial charge in [-0.2, -0.15) is 0 Å². The van der Waals surface area contributed by atoms with Crippen molar-refractivity contribution in [3.63, 3.8) is 0 Å². The summed E-state index contributed by atoms with van der Waals surface area (Å²) >= 11 is 0. The summed E-state index contributed by atoms with van der Waals surface area (Å²) in [6.45, 7) is 0. The van der Waals surface area contributed by atoms with Crippen LogP contribution in [0.3, 0.4) is 0 Å². The van der Waals surface area contributed by atoms with Crippen LogP contribution in [0.5, 0.6) is 5.75 Å². The van der Waals surface area contributed by atoms with Gasteiger partial charge in [0.2, 0.25) is 0 Å². The van der Waals surface area contributed by atoms with E-state index in [0.29, 0.717) is 21.9 Å². The number of carbonyl (C=O) groups is 2. The van der Waals surface area contributed by atoms with Gasteiger partial charge in [-0.3, -0.25) is 9.59 Å². The Labute approximate surface area is 175 Å². The van der Waals surface area contributed by atoms with Crippen LogP contribution in [-0.4, -0.2) is 18.9 Å². The van der Waals surface area contributed by atoms with Crippen molar-refractivity contribution in [3.8, 4) is 5.75 Å². The lowest BCUT2D eigenvalue weighted by molar-refractivity contribution is -0.120. The number of halogens is 3. The van der Waals surface area contributed by atoms with Crippen LogP contribution in [0.1, 0.15) is 5.56 Å². The van der Waals surface area contributed by atoms with E-state index in [4.69, 9.17) is 4.74 Å². The van der Waals surface area contributed by atoms with Gasteiger partial charge in [0.15, 0.2) is 0 Å². The van der Waals surface area contributed by atoms with Gasteiger partial charge in [-0.15, -0.1) is 0 Å². The number of rotatable bonds is 5. The molecule has 0 bridgehead atoms. The van der Waals surface area contributed by atoms with Crippen molar-refractivity contribution in [2.45, 2.75) is 0 Å². The summed E-state index contributed by atoms with van der Waals surface area (Å²) in [5.41, 5.74) is 0.0104. The second-order valence-electron chi connectivity index (χ2n) is 6.65. The molecule has 1 aliphatic rings. The van der Waals surface area contributed by atoms with Crippen molar-refractivity contribution in [1.29, 1.82) is 0 Å². The van der Waals surface area contributed by atoms with E-state index in [-0.39, 0.29) is 11.3 Å². The smallest absolute Gasteiger partial charge is 0.282 e. The molecule has 4 rings (SSSR count). The molecule has 0 spiro atoms. The van der Waals surface area contributed by atoms with Crippen molar-refractivity contribution >= 4 is 28.8 Å². The van der Waals surface area contributed by atoms with Crippen molar-refractivity contribution < 1.29 is 27.5 Å². The first-order valence-electron chi connectivity index (χ1n) is 9.14. The molecule has 8 heteroatoms. The third-order valence-corrected chi connectivity index (χ3v) is 4.73. The third kappa shape index (κ3) is 3.75. The van der Waals surface area contributed by atoms with E-state index in [2.05, 4.69) is 5.32 Å². The maximum Gasteiger partial charge on any atom is 0.282 e. The summed E-state index contributed by atoms with van der Waals surface area (Å²) < 4.78 is 46.5. The Morgan fingerprint density at radius 2 is 1.45 bits per heavy atom. The summed E-state index contributed by atoms with van der Waals surface area (Å²) in [6, 6.07) is 14.0. The fourth-order valence-electron chi connectivity index (χ4n) is 3.22. The van der Waals surface area contributed by atoms with E-state index >= 15 is 0 Å². The number of carbonyl (C=O) groups excluding carboxylic acids is 2. The lowest BCUT2D eigenvalue weighted by Crippen LogP contribution is -2.33. The number of ether oxygens (including phenoxy) is 1. The van der Waals surface area contributed by atoms with Gasteiger partial charge in [0, 0.05) is 11.8 Å². The minimum atomic E-state index is -0.930. The summed E-state index contributed by atoms with van der Waals surface area (Å²) in [4.78, 5) is 26.9. The van der Waals surface area contributed by atoms with E-state index in [1.807, 2.05) is 0 Å². The van der Waals surface area contributed by atoms with Crippen LogP contribution in [-0.2, 0) is 9.59 Å². The van der Waals surface area contributed by atoms with Crippen LogP contribution >= 0.6 is 0 Å². The van der Waals surface area contributed by atoms with Gasteiger partial charge >= 0.3 is 0 Å². The van der Waals surface area contributed by atoms with Gasteiger partial charge in [0.1, 0.15) is 28.9 Å². The number of hydrogen-bond donors (Lipinski definition) is 1. The van der Waals surface area contributed by atoms with Gasteiger partial charge in [-0.05, 0) is 54.1 Å². The minimum absolute atomic E-state index is 0.0411. The largest absolute Gasteiger partial charge is 0.497 e. The van der Waals surface area contributed by atoms with Crippen LogP contribution in [0.15, 0.2) is 72.4 Å². The number of nitrogens with zero attached hydrogens (tertiary/aromatic N) is 1. The quantitative estimate of drug-likeness (QED) is 0.613. The molecule has 0 fully saturated rings. The summed E-state index contributed by atoms with van der Waals surface area (Å²) in [6.07, 6.45) is 0. The Hall–Kier alpha value is -4.07. The van der Waals surface area contributed by atoms with Crippen LogP contribution in [0.2, 0.25) is 0 Å². The maximum atomic E-state index is 14.4. The molecule has 0 aromatic heterocycles. The highest BCUT2D eigenvalue weighted by Gasteiger charge is 2.41. The van der Waals surface area contributed by atoms with Gasteiger partial charge in [-0.25, -0.2) is 18.1 Å². The molecule has 0 aliphatic carbocycles.